The molecule has 0 atom stereocenters. The van der Waals surface area contributed by atoms with E-state index in [-0.39, 0.29) is 29.9 Å². The number of piperidine rings is 1. The van der Waals surface area contributed by atoms with Crippen molar-refractivity contribution in [2.24, 2.45) is 0 Å². The molecular weight excluding hydrogens is 443 g/mol. The summed E-state index contributed by atoms with van der Waals surface area (Å²) in [5, 5.41) is 11.9. The van der Waals surface area contributed by atoms with Crippen LogP contribution in [-0.4, -0.2) is 72.3 Å². The number of carbonyl (C=O) groups is 1. The molecule has 174 valence electrons. The van der Waals surface area contributed by atoms with Crippen LogP contribution in [-0.2, 0) is 9.84 Å². The Labute approximate surface area is 185 Å². The molecule has 1 amide bonds. The topological polar surface area (TPSA) is 131 Å². The summed E-state index contributed by atoms with van der Waals surface area (Å²) in [6.45, 7) is 2.45. The number of rotatable bonds is 8. The number of aromatic nitrogens is 2. The summed E-state index contributed by atoms with van der Waals surface area (Å²) in [5.41, 5.74) is 0.740. The van der Waals surface area contributed by atoms with Crippen molar-refractivity contribution in [2.75, 3.05) is 37.0 Å². The van der Waals surface area contributed by atoms with Crippen LogP contribution < -0.4 is 14.8 Å². The van der Waals surface area contributed by atoms with Crippen molar-refractivity contribution in [3.05, 3.63) is 35.9 Å². The summed E-state index contributed by atoms with van der Waals surface area (Å²) >= 11 is 0. The van der Waals surface area contributed by atoms with E-state index in [2.05, 4.69) is 15.3 Å². The minimum atomic E-state index is -3.17. The maximum absolute atomic E-state index is 14.5. The van der Waals surface area contributed by atoms with Crippen LogP contribution in [0.3, 0.4) is 0 Å². The lowest BCUT2D eigenvalue weighted by molar-refractivity contribution is 0.0866. The lowest BCUT2D eigenvalue weighted by atomic mass is 10.1. The fraction of sp³-hybridized carbons (Fsp3) is 0.450. The number of nitrogens with zero attached hydrogens (tertiary/aromatic N) is 3. The van der Waals surface area contributed by atoms with Crippen LogP contribution in [0.15, 0.2) is 24.5 Å². The molecule has 1 saturated heterocycles. The monoisotopic (exact) mass is 468 g/mol. The zero-order chi connectivity index (χ0) is 23.3. The molecule has 1 fully saturated rings. The number of halogens is 1. The number of anilines is 2. The van der Waals surface area contributed by atoms with Gasteiger partial charge in [0.05, 0.1) is 17.0 Å². The number of carboxylic acid groups (broad SMARTS) is 1. The average molecular weight is 469 g/mol. The van der Waals surface area contributed by atoms with Gasteiger partial charge in [0.15, 0.2) is 9.84 Å². The Balaban J connectivity index is 1.63. The van der Waals surface area contributed by atoms with Gasteiger partial charge < -0.3 is 24.8 Å². The first-order chi connectivity index (χ1) is 15.1. The second-order valence-electron chi connectivity index (χ2n) is 7.48. The third-order valence-corrected chi connectivity index (χ3v) is 5.85. The fourth-order valence-corrected chi connectivity index (χ4v) is 3.51. The predicted octanol–water partition coefficient (Wildman–Crippen LogP) is 2.61. The standard InChI is InChI=1S/C20H25FN4O6S/c1-13-18(22-12-23-19(13)31-14-5-7-25(8-6-14)20(26)27)24-17-4-3-15(11-16(17)21)30-9-10-32(2,28)29/h3-4,11-12,14H,5-10H2,1-2H3,(H,26,27)(H,22,23,24). The first kappa shape index (κ1) is 23.5. The Hall–Kier alpha value is -3.15. The van der Waals surface area contributed by atoms with E-state index < -0.39 is 21.7 Å². The normalized spacial score (nSPS) is 14.8. The highest BCUT2D eigenvalue weighted by molar-refractivity contribution is 7.90. The molecule has 1 aromatic carbocycles. The summed E-state index contributed by atoms with van der Waals surface area (Å²) in [6, 6.07) is 4.15. The van der Waals surface area contributed by atoms with E-state index in [1.165, 1.54) is 23.4 Å². The molecule has 0 unspecified atom stereocenters. The maximum atomic E-state index is 14.5. The van der Waals surface area contributed by atoms with Gasteiger partial charge in [-0.3, -0.25) is 0 Å². The van der Waals surface area contributed by atoms with Gasteiger partial charge in [0.25, 0.3) is 0 Å². The van der Waals surface area contributed by atoms with Crippen molar-refractivity contribution < 1.29 is 32.2 Å². The van der Waals surface area contributed by atoms with Gasteiger partial charge in [-0.2, -0.15) is 0 Å². The van der Waals surface area contributed by atoms with E-state index in [1.54, 1.807) is 6.92 Å². The van der Waals surface area contributed by atoms with Gasteiger partial charge in [0.1, 0.15) is 36.4 Å². The maximum Gasteiger partial charge on any atom is 0.407 e. The fourth-order valence-electron chi connectivity index (χ4n) is 3.13. The zero-order valence-corrected chi connectivity index (χ0v) is 18.6. The number of hydrogen-bond donors (Lipinski definition) is 2. The predicted molar refractivity (Wildman–Crippen MR) is 115 cm³/mol. The SMILES string of the molecule is Cc1c(Nc2ccc(OCCS(C)(=O)=O)cc2F)ncnc1OC1CCN(C(=O)O)CC1. The quantitative estimate of drug-likeness (QED) is 0.600. The third kappa shape index (κ3) is 6.42. The third-order valence-electron chi connectivity index (χ3n) is 4.95. The Morgan fingerprint density at radius 2 is 2.03 bits per heavy atom. The molecule has 3 rings (SSSR count). The number of likely N-dealkylation sites (tertiary alicyclic amines) is 1. The molecule has 10 nitrogen and oxygen atoms in total. The van der Waals surface area contributed by atoms with Gasteiger partial charge in [-0.1, -0.05) is 0 Å². The van der Waals surface area contributed by atoms with Crippen LogP contribution in [0.2, 0.25) is 0 Å². The molecule has 0 radical (unpaired) electrons. The largest absolute Gasteiger partial charge is 0.492 e. The number of nitrogens with one attached hydrogen (secondary N) is 1. The Morgan fingerprint density at radius 1 is 1.31 bits per heavy atom. The van der Waals surface area contributed by atoms with E-state index >= 15 is 0 Å². The van der Waals surface area contributed by atoms with Crippen LogP contribution in [0.25, 0.3) is 0 Å². The van der Waals surface area contributed by atoms with Crippen molar-refractivity contribution in [2.45, 2.75) is 25.9 Å². The molecule has 0 spiro atoms. The molecule has 1 aliphatic heterocycles. The second kappa shape index (κ2) is 9.98. The molecule has 2 heterocycles. The van der Waals surface area contributed by atoms with Crippen molar-refractivity contribution in [3.8, 4) is 11.6 Å². The van der Waals surface area contributed by atoms with E-state index in [9.17, 15) is 17.6 Å². The van der Waals surface area contributed by atoms with Gasteiger partial charge in [-0.05, 0) is 19.1 Å². The molecule has 1 aromatic heterocycles. The van der Waals surface area contributed by atoms with E-state index in [0.29, 0.717) is 43.2 Å². The van der Waals surface area contributed by atoms with E-state index in [4.69, 9.17) is 14.6 Å². The summed E-state index contributed by atoms with van der Waals surface area (Å²) in [4.78, 5) is 20.7. The molecule has 0 saturated carbocycles. The van der Waals surface area contributed by atoms with Crippen LogP contribution in [0, 0.1) is 12.7 Å². The Kier molecular flexibility index (Phi) is 7.33. The van der Waals surface area contributed by atoms with Crippen LogP contribution in [0.4, 0.5) is 20.7 Å². The molecule has 2 aromatic rings. The summed E-state index contributed by atoms with van der Waals surface area (Å²) in [5.74, 6) is 0.170. The highest BCUT2D eigenvalue weighted by Gasteiger charge is 2.24. The van der Waals surface area contributed by atoms with Gasteiger partial charge in [0.2, 0.25) is 5.88 Å². The first-order valence-corrected chi connectivity index (χ1v) is 12.0. The van der Waals surface area contributed by atoms with Crippen molar-refractivity contribution in [3.63, 3.8) is 0 Å². The van der Waals surface area contributed by atoms with Gasteiger partial charge >= 0.3 is 6.09 Å². The van der Waals surface area contributed by atoms with Crippen molar-refractivity contribution in [1.29, 1.82) is 0 Å². The molecular formula is C20H25FN4O6S. The van der Waals surface area contributed by atoms with Crippen LogP contribution in [0.5, 0.6) is 11.6 Å². The molecule has 0 aliphatic carbocycles. The Bertz CT molecular complexity index is 1070. The molecule has 1 aliphatic rings. The minimum absolute atomic E-state index is 0.0673. The molecule has 32 heavy (non-hydrogen) atoms. The van der Waals surface area contributed by atoms with E-state index in [1.807, 2.05) is 0 Å². The highest BCUT2D eigenvalue weighted by atomic mass is 32.2. The van der Waals surface area contributed by atoms with Gasteiger partial charge in [-0.25, -0.2) is 27.6 Å². The minimum Gasteiger partial charge on any atom is -0.492 e. The zero-order valence-electron chi connectivity index (χ0n) is 17.7. The second-order valence-corrected chi connectivity index (χ2v) is 9.74. The number of amides is 1. The van der Waals surface area contributed by atoms with Crippen LogP contribution in [0.1, 0.15) is 18.4 Å². The highest BCUT2D eigenvalue weighted by Crippen LogP contribution is 2.28. The number of sulfone groups is 1. The number of hydrogen-bond acceptors (Lipinski definition) is 8. The van der Waals surface area contributed by atoms with Crippen molar-refractivity contribution >= 4 is 27.4 Å². The first-order valence-electron chi connectivity index (χ1n) is 9.95. The Morgan fingerprint density at radius 3 is 2.66 bits per heavy atom. The lowest BCUT2D eigenvalue weighted by Crippen LogP contribution is -2.41. The van der Waals surface area contributed by atoms with Crippen molar-refractivity contribution in [1.82, 2.24) is 14.9 Å². The smallest absolute Gasteiger partial charge is 0.407 e. The van der Waals surface area contributed by atoms with E-state index in [0.717, 1.165) is 12.3 Å². The average Bonchev–Trinajstić information content (AvgIpc) is 2.72. The lowest BCUT2D eigenvalue weighted by Gasteiger charge is -2.30. The summed E-state index contributed by atoms with van der Waals surface area (Å²) < 4.78 is 48.1. The summed E-state index contributed by atoms with van der Waals surface area (Å²) in [7, 11) is -3.17. The van der Waals surface area contributed by atoms with Gasteiger partial charge in [-0.15, -0.1) is 0 Å². The van der Waals surface area contributed by atoms with Gasteiger partial charge in [0, 0.05) is 38.3 Å². The molecule has 12 heteroatoms. The number of benzene rings is 1. The summed E-state index contributed by atoms with van der Waals surface area (Å²) in [6.07, 6.45) is 2.39. The van der Waals surface area contributed by atoms with Crippen LogP contribution >= 0.6 is 0 Å². The molecule has 0 bridgehead atoms. The molecule has 2 N–H and O–H groups in total. The number of ether oxygens (including phenoxy) is 2.